The van der Waals surface area contributed by atoms with E-state index in [0.29, 0.717) is 32.4 Å². The van der Waals surface area contributed by atoms with Crippen molar-refractivity contribution in [3.8, 4) is 0 Å². The molecule has 0 aromatic heterocycles. The van der Waals surface area contributed by atoms with Gasteiger partial charge in [0.05, 0.1) is 0 Å². The molecule has 0 saturated carbocycles. The molecule has 0 aliphatic carbocycles. The second-order valence-corrected chi connectivity index (χ2v) is 3.61. The lowest BCUT2D eigenvalue weighted by molar-refractivity contribution is 0.109. The molecule has 1 amide bonds. The molecule has 0 bridgehead atoms. The minimum atomic E-state index is -0.883. The van der Waals surface area contributed by atoms with Crippen LogP contribution in [0.3, 0.4) is 0 Å². The van der Waals surface area contributed by atoms with E-state index in [1.165, 1.54) is 4.90 Å². The molecule has 5 nitrogen and oxygen atoms in total. The van der Waals surface area contributed by atoms with Gasteiger partial charge in [0.15, 0.2) is 0 Å². The highest BCUT2D eigenvalue weighted by Gasteiger charge is 2.31. The molecule has 0 atom stereocenters. The highest BCUT2D eigenvalue weighted by molar-refractivity contribution is 5.65. The van der Waals surface area contributed by atoms with Gasteiger partial charge in [-0.1, -0.05) is 0 Å². The Hall–Kier alpha value is -0.810. The zero-order chi connectivity index (χ0) is 9.90. The number of rotatable bonds is 2. The van der Waals surface area contributed by atoms with Crippen LogP contribution in [-0.4, -0.2) is 46.4 Å². The highest BCUT2D eigenvalue weighted by atomic mass is 16.4. The molecular formula is C8H16N2O3. The molecule has 1 aliphatic heterocycles. The summed E-state index contributed by atoms with van der Waals surface area (Å²) in [6, 6.07) is 0. The van der Waals surface area contributed by atoms with Gasteiger partial charge in [0.2, 0.25) is 0 Å². The van der Waals surface area contributed by atoms with Gasteiger partial charge < -0.3 is 20.8 Å². The lowest BCUT2D eigenvalue weighted by Gasteiger charge is -2.37. The molecule has 4 N–H and O–H groups in total. The minimum Gasteiger partial charge on any atom is -0.465 e. The minimum absolute atomic E-state index is 0.0730. The van der Waals surface area contributed by atoms with Crippen molar-refractivity contribution < 1.29 is 15.0 Å². The largest absolute Gasteiger partial charge is 0.465 e. The van der Waals surface area contributed by atoms with Crippen LogP contribution in [0.5, 0.6) is 0 Å². The van der Waals surface area contributed by atoms with Crippen molar-refractivity contribution in [2.24, 2.45) is 5.73 Å². The molecule has 0 aromatic carbocycles. The van der Waals surface area contributed by atoms with Crippen molar-refractivity contribution >= 4 is 6.09 Å². The number of carboxylic acid groups (broad SMARTS) is 1. The lowest BCUT2D eigenvalue weighted by atomic mass is 9.86. The van der Waals surface area contributed by atoms with Crippen molar-refractivity contribution in [2.45, 2.75) is 24.8 Å². The number of nitrogens with two attached hydrogens (primary N) is 1. The predicted molar refractivity (Wildman–Crippen MR) is 47.5 cm³/mol. The lowest BCUT2D eigenvalue weighted by Crippen LogP contribution is -2.51. The van der Waals surface area contributed by atoms with Crippen LogP contribution >= 0.6 is 0 Å². The maximum absolute atomic E-state index is 10.6. The standard InChI is InChI=1S/C8H16N2O3/c9-8(3-6-11)1-4-10(5-2-8)7(12)13/h11H,1-6,9H2,(H,12,13). The molecule has 0 radical (unpaired) electrons. The van der Waals surface area contributed by atoms with Crippen LogP contribution in [0.4, 0.5) is 4.79 Å². The summed E-state index contributed by atoms with van der Waals surface area (Å²) in [5.74, 6) is 0. The first-order chi connectivity index (χ1) is 6.07. The third-order valence-electron chi connectivity index (χ3n) is 2.64. The third kappa shape index (κ3) is 2.57. The maximum atomic E-state index is 10.6. The summed E-state index contributed by atoms with van der Waals surface area (Å²) in [5.41, 5.74) is 5.59. The first-order valence-corrected chi connectivity index (χ1v) is 4.45. The number of hydrogen-bond donors (Lipinski definition) is 3. The smallest absolute Gasteiger partial charge is 0.407 e. The summed E-state index contributed by atoms with van der Waals surface area (Å²) in [5, 5.41) is 17.4. The van der Waals surface area contributed by atoms with E-state index in [1.807, 2.05) is 0 Å². The monoisotopic (exact) mass is 188 g/mol. The van der Waals surface area contributed by atoms with E-state index in [9.17, 15) is 4.79 Å². The Morgan fingerprint density at radius 3 is 2.38 bits per heavy atom. The number of aliphatic hydroxyl groups is 1. The first-order valence-electron chi connectivity index (χ1n) is 4.45. The number of hydrogen-bond acceptors (Lipinski definition) is 3. The molecule has 5 heteroatoms. The molecule has 76 valence electrons. The van der Waals surface area contributed by atoms with Gasteiger partial charge in [-0.25, -0.2) is 4.79 Å². The van der Waals surface area contributed by atoms with Gasteiger partial charge in [-0.2, -0.15) is 0 Å². The summed E-state index contributed by atoms with van der Waals surface area (Å²) in [4.78, 5) is 11.9. The number of carbonyl (C=O) groups is 1. The fourth-order valence-electron chi connectivity index (χ4n) is 1.62. The van der Waals surface area contributed by atoms with Gasteiger partial charge in [0, 0.05) is 25.2 Å². The van der Waals surface area contributed by atoms with Crippen LogP contribution in [0.2, 0.25) is 0 Å². The van der Waals surface area contributed by atoms with E-state index in [2.05, 4.69) is 0 Å². The van der Waals surface area contributed by atoms with Crippen molar-refractivity contribution in [1.29, 1.82) is 0 Å². The average molecular weight is 188 g/mol. The van der Waals surface area contributed by atoms with E-state index in [0.717, 1.165) is 0 Å². The zero-order valence-corrected chi connectivity index (χ0v) is 7.57. The maximum Gasteiger partial charge on any atom is 0.407 e. The van der Waals surface area contributed by atoms with Crippen LogP contribution < -0.4 is 5.73 Å². The van der Waals surface area contributed by atoms with Crippen molar-refractivity contribution in [2.75, 3.05) is 19.7 Å². The fraction of sp³-hybridized carbons (Fsp3) is 0.875. The number of amides is 1. The van der Waals surface area contributed by atoms with Crippen LogP contribution in [0, 0.1) is 0 Å². The normalized spacial score (nSPS) is 21.5. The number of aliphatic hydroxyl groups excluding tert-OH is 1. The van der Waals surface area contributed by atoms with Crippen LogP contribution in [-0.2, 0) is 0 Å². The number of piperidine rings is 1. The van der Waals surface area contributed by atoms with Crippen molar-refractivity contribution in [3.05, 3.63) is 0 Å². The quantitative estimate of drug-likeness (QED) is 0.562. The Bertz CT molecular complexity index is 188. The van der Waals surface area contributed by atoms with E-state index < -0.39 is 6.09 Å². The van der Waals surface area contributed by atoms with Gasteiger partial charge in [-0.3, -0.25) is 0 Å². The Morgan fingerprint density at radius 1 is 1.46 bits per heavy atom. The fourth-order valence-corrected chi connectivity index (χ4v) is 1.62. The second-order valence-electron chi connectivity index (χ2n) is 3.61. The molecule has 1 aliphatic rings. The van der Waals surface area contributed by atoms with Gasteiger partial charge in [-0.15, -0.1) is 0 Å². The Labute approximate surface area is 77.1 Å². The van der Waals surface area contributed by atoms with Crippen LogP contribution in [0.25, 0.3) is 0 Å². The summed E-state index contributed by atoms with van der Waals surface area (Å²) in [6.45, 7) is 1.03. The van der Waals surface area contributed by atoms with E-state index in [1.54, 1.807) is 0 Å². The molecule has 1 fully saturated rings. The molecule has 1 heterocycles. The van der Waals surface area contributed by atoms with Crippen LogP contribution in [0.15, 0.2) is 0 Å². The van der Waals surface area contributed by atoms with Gasteiger partial charge >= 0.3 is 6.09 Å². The molecule has 1 rings (SSSR count). The second kappa shape index (κ2) is 3.93. The van der Waals surface area contributed by atoms with Gasteiger partial charge in [0.25, 0.3) is 0 Å². The molecular weight excluding hydrogens is 172 g/mol. The molecule has 1 saturated heterocycles. The summed E-state index contributed by atoms with van der Waals surface area (Å²) < 4.78 is 0. The van der Waals surface area contributed by atoms with Gasteiger partial charge in [-0.05, 0) is 19.3 Å². The molecule has 0 unspecified atom stereocenters. The van der Waals surface area contributed by atoms with E-state index in [-0.39, 0.29) is 12.1 Å². The van der Waals surface area contributed by atoms with Crippen molar-refractivity contribution in [3.63, 3.8) is 0 Å². The topological polar surface area (TPSA) is 86.8 Å². The predicted octanol–water partition coefficient (Wildman–Crippen LogP) is -0.160. The average Bonchev–Trinajstić information content (AvgIpc) is 2.05. The molecule has 0 spiro atoms. The number of nitrogens with zero attached hydrogens (tertiary/aromatic N) is 1. The SMILES string of the molecule is NC1(CCO)CCN(C(=O)O)CC1. The van der Waals surface area contributed by atoms with E-state index >= 15 is 0 Å². The first kappa shape index (κ1) is 10.3. The molecule has 0 aromatic rings. The highest BCUT2D eigenvalue weighted by Crippen LogP contribution is 2.22. The Morgan fingerprint density at radius 2 is 2.00 bits per heavy atom. The van der Waals surface area contributed by atoms with Gasteiger partial charge in [0.1, 0.15) is 0 Å². The third-order valence-corrected chi connectivity index (χ3v) is 2.64. The summed E-state index contributed by atoms with van der Waals surface area (Å²) >= 11 is 0. The summed E-state index contributed by atoms with van der Waals surface area (Å²) in [6.07, 6.45) is 0.950. The van der Waals surface area contributed by atoms with Crippen LogP contribution in [0.1, 0.15) is 19.3 Å². The van der Waals surface area contributed by atoms with Crippen molar-refractivity contribution in [1.82, 2.24) is 4.90 Å². The van der Waals surface area contributed by atoms with E-state index in [4.69, 9.17) is 15.9 Å². The summed E-state index contributed by atoms with van der Waals surface area (Å²) in [7, 11) is 0. The Kier molecular flexibility index (Phi) is 3.11. The zero-order valence-electron chi connectivity index (χ0n) is 7.57. The Balaban J connectivity index is 2.41. The molecule has 13 heavy (non-hydrogen) atoms. The number of likely N-dealkylation sites (tertiary alicyclic amines) is 1.